The molecular weight excluding hydrogens is 276 g/mol. The summed E-state index contributed by atoms with van der Waals surface area (Å²) in [6.07, 6.45) is 3.58. The Bertz CT molecular complexity index is 578. The fourth-order valence-corrected chi connectivity index (χ4v) is 2.98. The molecule has 4 nitrogen and oxygen atoms in total. The van der Waals surface area contributed by atoms with Crippen molar-refractivity contribution in [2.24, 2.45) is 4.99 Å². The Morgan fingerprint density at radius 1 is 1.53 bits per heavy atom. The van der Waals surface area contributed by atoms with Crippen molar-refractivity contribution in [3.05, 3.63) is 30.2 Å². The van der Waals surface area contributed by atoms with Crippen molar-refractivity contribution in [2.75, 3.05) is 18.5 Å². The van der Waals surface area contributed by atoms with Gasteiger partial charge in [-0.15, -0.1) is 12.6 Å². The SMILES string of the molecule is CC/N=C(\S)N(C)c1sc(-c2cccnc2)nc1C. The topological polar surface area (TPSA) is 41.4 Å². The number of aromatic nitrogens is 2. The van der Waals surface area contributed by atoms with E-state index in [2.05, 4.69) is 27.6 Å². The summed E-state index contributed by atoms with van der Waals surface area (Å²) in [5.41, 5.74) is 2.01. The van der Waals surface area contributed by atoms with Crippen LogP contribution in [0.4, 0.5) is 5.00 Å². The van der Waals surface area contributed by atoms with E-state index in [9.17, 15) is 0 Å². The molecule has 0 saturated carbocycles. The Labute approximate surface area is 122 Å². The number of amidine groups is 1. The zero-order chi connectivity index (χ0) is 13.8. The second-order valence-corrected chi connectivity index (χ2v) is 5.36. The van der Waals surface area contributed by atoms with Gasteiger partial charge in [-0.2, -0.15) is 0 Å². The van der Waals surface area contributed by atoms with E-state index in [1.165, 1.54) is 0 Å². The molecule has 0 fully saturated rings. The number of anilines is 1. The third kappa shape index (κ3) is 3.13. The van der Waals surface area contributed by atoms with Crippen LogP contribution in [0, 0.1) is 6.92 Å². The first-order valence-corrected chi connectivity index (χ1v) is 7.24. The van der Waals surface area contributed by atoms with Crippen LogP contribution in [0.25, 0.3) is 10.6 Å². The summed E-state index contributed by atoms with van der Waals surface area (Å²) >= 11 is 6.02. The minimum atomic E-state index is 0.701. The van der Waals surface area contributed by atoms with Crippen molar-refractivity contribution in [1.29, 1.82) is 0 Å². The van der Waals surface area contributed by atoms with Gasteiger partial charge >= 0.3 is 0 Å². The molecule has 100 valence electrons. The van der Waals surface area contributed by atoms with Crippen LogP contribution in [-0.2, 0) is 0 Å². The molecule has 0 unspecified atom stereocenters. The van der Waals surface area contributed by atoms with E-state index in [1.807, 2.05) is 44.1 Å². The molecule has 0 aromatic carbocycles. The third-order valence-corrected chi connectivity index (χ3v) is 4.31. The van der Waals surface area contributed by atoms with E-state index in [-0.39, 0.29) is 0 Å². The largest absolute Gasteiger partial charge is 0.315 e. The van der Waals surface area contributed by atoms with Crippen LogP contribution >= 0.6 is 24.0 Å². The Balaban J connectivity index is 2.34. The van der Waals surface area contributed by atoms with Gasteiger partial charge in [0.1, 0.15) is 10.0 Å². The average molecular weight is 292 g/mol. The Morgan fingerprint density at radius 2 is 2.32 bits per heavy atom. The third-order valence-electron chi connectivity index (χ3n) is 2.58. The molecule has 0 aliphatic carbocycles. The first-order valence-electron chi connectivity index (χ1n) is 5.98. The molecule has 0 amide bonds. The van der Waals surface area contributed by atoms with Crippen LogP contribution in [0.2, 0.25) is 0 Å². The molecule has 0 atom stereocenters. The fraction of sp³-hybridized carbons (Fsp3) is 0.308. The summed E-state index contributed by atoms with van der Waals surface area (Å²) in [5, 5.41) is 2.72. The smallest absolute Gasteiger partial charge is 0.160 e. The summed E-state index contributed by atoms with van der Waals surface area (Å²) in [4.78, 5) is 15.0. The van der Waals surface area contributed by atoms with Crippen molar-refractivity contribution < 1.29 is 0 Å². The molecule has 0 radical (unpaired) electrons. The highest BCUT2D eigenvalue weighted by Crippen LogP contribution is 2.33. The van der Waals surface area contributed by atoms with E-state index < -0.39 is 0 Å². The monoisotopic (exact) mass is 292 g/mol. The lowest BCUT2D eigenvalue weighted by Crippen LogP contribution is -2.21. The molecule has 2 rings (SSSR count). The lowest BCUT2D eigenvalue weighted by atomic mass is 10.3. The van der Waals surface area contributed by atoms with Crippen LogP contribution in [-0.4, -0.2) is 28.7 Å². The summed E-state index contributed by atoms with van der Waals surface area (Å²) in [5.74, 6) is 0. The number of aryl methyl sites for hydroxylation is 1. The highest BCUT2D eigenvalue weighted by Gasteiger charge is 2.15. The Kier molecular flexibility index (Phi) is 4.55. The second kappa shape index (κ2) is 6.16. The van der Waals surface area contributed by atoms with Crippen molar-refractivity contribution in [3.63, 3.8) is 0 Å². The maximum absolute atomic E-state index is 4.59. The quantitative estimate of drug-likeness (QED) is 0.536. The van der Waals surface area contributed by atoms with Gasteiger partial charge < -0.3 is 4.90 Å². The molecular formula is C13H16N4S2. The highest BCUT2D eigenvalue weighted by molar-refractivity contribution is 7.97. The van der Waals surface area contributed by atoms with Gasteiger partial charge in [0, 0.05) is 31.5 Å². The van der Waals surface area contributed by atoms with Crippen LogP contribution in [0.3, 0.4) is 0 Å². The number of thiol groups is 1. The predicted molar refractivity (Wildman–Crippen MR) is 85.4 cm³/mol. The van der Waals surface area contributed by atoms with E-state index in [0.29, 0.717) is 5.17 Å². The zero-order valence-electron chi connectivity index (χ0n) is 11.2. The number of rotatable bonds is 3. The first-order chi connectivity index (χ1) is 9.13. The van der Waals surface area contributed by atoms with Crippen LogP contribution in [0.15, 0.2) is 29.5 Å². The number of nitrogens with zero attached hydrogens (tertiary/aromatic N) is 4. The first kappa shape index (κ1) is 14.0. The Morgan fingerprint density at radius 3 is 2.95 bits per heavy atom. The second-order valence-electron chi connectivity index (χ2n) is 3.98. The van der Waals surface area contributed by atoms with E-state index >= 15 is 0 Å². The summed E-state index contributed by atoms with van der Waals surface area (Å²) in [6.45, 7) is 4.70. The molecule has 6 heteroatoms. The van der Waals surface area contributed by atoms with Crippen molar-refractivity contribution in [1.82, 2.24) is 9.97 Å². The van der Waals surface area contributed by atoms with Gasteiger partial charge in [0.05, 0.1) is 5.69 Å². The van der Waals surface area contributed by atoms with Gasteiger partial charge in [-0.05, 0) is 26.0 Å². The number of pyridine rings is 1. The van der Waals surface area contributed by atoms with Crippen molar-refractivity contribution >= 4 is 34.1 Å². The molecule has 2 heterocycles. The molecule has 0 spiro atoms. The minimum absolute atomic E-state index is 0.701. The summed E-state index contributed by atoms with van der Waals surface area (Å²) in [6, 6.07) is 3.93. The lowest BCUT2D eigenvalue weighted by Gasteiger charge is -2.15. The number of hydrogen-bond acceptors (Lipinski definition) is 4. The van der Waals surface area contributed by atoms with Crippen LogP contribution < -0.4 is 4.90 Å². The maximum Gasteiger partial charge on any atom is 0.160 e. The normalized spacial score (nSPS) is 11.7. The molecule has 2 aromatic heterocycles. The lowest BCUT2D eigenvalue weighted by molar-refractivity contribution is 1.11. The van der Waals surface area contributed by atoms with E-state index in [0.717, 1.165) is 27.8 Å². The van der Waals surface area contributed by atoms with E-state index in [4.69, 9.17) is 0 Å². The maximum atomic E-state index is 4.59. The predicted octanol–water partition coefficient (Wildman–Crippen LogP) is 3.26. The molecule has 0 aliphatic rings. The average Bonchev–Trinajstić information content (AvgIpc) is 2.81. The van der Waals surface area contributed by atoms with Gasteiger partial charge in [0.25, 0.3) is 0 Å². The number of aliphatic imine (C=N–C) groups is 1. The van der Waals surface area contributed by atoms with Gasteiger partial charge in [-0.25, -0.2) is 4.98 Å². The zero-order valence-corrected chi connectivity index (χ0v) is 12.9. The Hall–Kier alpha value is -1.40. The van der Waals surface area contributed by atoms with Crippen molar-refractivity contribution in [3.8, 4) is 10.6 Å². The van der Waals surface area contributed by atoms with Gasteiger partial charge in [-0.1, -0.05) is 11.3 Å². The molecule has 0 bridgehead atoms. The molecule has 0 saturated heterocycles. The molecule has 2 aromatic rings. The summed E-state index contributed by atoms with van der Waals surface area (Å²) in [7, 11) is 1.95. The van der Waals surface area contributed by atoms with Crippen LogP contribution in [0.1, 0.15) is 12.6 Å². The standard InChI is InChI=1S/C13H16N4S2/c1-4-15-13(18)17(3)12-9(2)16-11(19-12)10-6-5-7-14-8-10/h5-8H,4H2,1-3H3,(H,15,18). The molecule has 0 aliphatic heterocycles. The van der Waals surface area contributed by atoms with Gasteiger partial charge in [0.15, 0.2) is 5.17 Å². The van der Waals surface area contributed by atoms with Crippen LogP contribution in [0.5, 0.6) is 0 Å². The summed E-state index contributed by atoms with van der Waals surface area (Å²) < 4.78 is 0. The van der Waals surface area contributed by atoms with Gasteiger partial charge in [-0.3, -0.25) is 9.98 Å². The number of hydrogen-bond donors (Lipinski definition) is 1. The fourth-order valence-electron chi connectivity index (χ4n) is 1.65. The van der Waals surface area contributed by atoms with E-state index in [1.54, 1.807) is 17.5 Å². The number of thiazole rings is 1. The van der Waals surface area contributed by atoms with Gasteiger partial charge in [0.2, 0.25) is 0 Å². The minimum Gasteiger partial charge on any atom is -0.315 e. The molecule has 0 N–H and O–H groups in total. The highest BCUT2D eigenvalue weighted by atomic mass is 32.1. The molecule has 19 heavy (non-hydrogen) atoms. The van der Waals surface area contributed by atoms with Crippen molar-refractivity contribution in [2.45, 2.75) is 13.8 Å².